The number of nitrogens with zero attached hydrogens (tertiary/aromatic N) is 4. The van der Waals surface area contributed by atoms with E-state index in [0.717, 1.165) is 40.1 Å². The monoisotopic (exact) mass is 383 g/mol. The van der Waals surface area contributed by atoms with Gasteiger partial charge in [-0.1, -0.05) is 18.2 Å². The molecule has 0 fully saturated rings. The van der Waals surface area contributed by atoms with Gasteiger partial charge in [0.25, 0.3) is 5.91 Å². The summed E-state index contributed by atoms with van der Waals surface area (Å²) < 4.78 is 7.86. The standard InChI is InChI=1S/C22H17N5O2/c28-22(15-10-16-5-3-8-25-27(16)12-15)26-9-7-17-20(24-13-23-17)21(26)19-11-14-4-1-2-6-18(14)29-19/h1-6,8,10-13,21H,7,9H2,(H,23,24)/t21-/m1/s1. The summed E-state index contributed by atoms with van der Waals surface area (Å²) in [5.74, 6) is 0.657. The molecule has 0 bridgehead atoms. The lowest BCUT2D eigenvalue weighted by molar-refractivity contribution is 0.0673. The number of carbonyl (C=O) groups excluding carboxylic acids is 1. The SMILES string of the molecule is O=C(c1cc2cccnn2c1)N1CCc2[nH]cnc2[C@H]1c1cc2ccccc2o1. The summed E-state index contributed by atoms with van der Waals surface area (Å²) in [7, 11) is 0. The Morgan fingerprint density at radius 2 is 2.10 bits per heavy atom. The van der Waals surface area contributed by atoms with Gasteiger partial charge in [-0.2, -0.15) is 5.10 Å². The van der Waals surface area contributed by atoms with Crippen LogP contribution in [0, 0.1) is 0 Å². The molecule has 1 N–H and O–H groups in total. The molecule has 1 atom stereocenters. The number of aromatic nitrogens is 4. The van der Waals surface area contributed by atoms with Crippen molar-refractivity contribution >= 4 is 22.4 Å². The van der Waals surface area contributed by atoms with Crippen LogP contribution in [-0.2, 0) is 6.42 Å². The summed E-state index contributed by atoms with van der Waals surface area (Å²) in [6.07, 6.45) is 5.89. The van der Waals surface area contributed by atoms with Crippen LogP contribution in [0.1, 0.15) is 33.5 Å². The number of amides is 1. The maximum atomic E-state index is 13.5. The zero-order chi connectivity index (χ0) is 19.4. The van der Waals surface area contributed by atoms with Gasteiger partial charge in [0.2, 0.25) is 0 Å². The number of carbonyl (C=O) groups is 1. The number of hydrogen-bond acceptors (Lipinski definition) is 4. The van der Waals surface area contributed by atoms with E-state index >= 15 is 0 Å². The van der Waals surface area contributed by atoms with E-state index in [1.165, 1.54) is 0 Å². The molecule has 1 amide bonds. The van der Waals surface area contributed by atoms with E-state index in [2.05, 4.69) is 15.1 Å². The number of furan rings is 1. The van der Waals surface area contributed by atoms with Gasteiger partial charge < -0.3 is 14.3 Å². The van der Waals surface area contributed by atoms with Crippen molar-refractivity contribution in [3.05, 3.63) is 90.0 Å². The Kier molecular flexibility index (Phi) is 3.37. The van der Waals surface area contributed by atoms with Crippen molar-refractivity contribution in [3.8, 4) is 0 Å². The third-order valence-corrected chi connectivity index (χ3v) is 5.52. The van der Waals surface area contributed by atoms with Crippen molar-refractivity contribution in [2.75, 3.05) is 6.54 Å². The van der Waals surface area contributed by atoms with Crippen molar-refractivity contribution in [2.24, 2.45) is 0 Å². The summed E-state index contributed by atoms with van der Waals surface area (Å²) in [5.41, 5.74) is 4.17. The summed E-state index contributed by atoms with van der Waals surface area (Å²) in [6.45, 7) is 0.579. The first-order chi connectivity index (χ1) is 14.3. The average molecular weight is 383 g/mol. The summed E-state index contributed by atoms with van der Waals surface area (Å²) >= 11 is 0. The van der Waals surface area contributed by atoms with E-state index in [-0.39, 0.29) is 11.9 Å². The van der Waals surface area contributed by atoms with E-state index in [4.69, 9.17) is 4.42 Å². The number of rotatable bonds is 2. The lowest BCUT2D eigenvalue weighted by Gasteiger charge is -2.33. The second kappa shape index (κ2) is 6.07. The van der Waals surface area contributed by atoms with Crippen LogP contribution in [0.4, 0.5) is 0 Å². The van der Waals surface area contributed by atoms with E-state index in [9.17, 15) is 4.79 Å². The largest absolute Gasteiger partial charge is 0.458 e. The molecule has 0 aliphatic carbocycles. The van der Waals surface area contributed by atoms with Crippen LogP contribution in [0.25, 0.3) is 16.5 Å². The Hall–Kier alpha value is -3.87. The fourth-order valence-corrected chi connectivity index (χ4v) is 4.15. The zero-order valence-electron chi connectivity index (χ0n) is 15.4. The van der Waals surface area contributed by atoms with Crippen molar-refractivity contribution in [1.29, 1.82) is 0 Å². The molecule has 4 aromatic heterocycles. The first kappa shape index (κ1) is 16.1. The quantitative estimate of drug-likeness (QED) is 0.505. The topological polar surface area (TPSA) is 79.4 Å². The van der Waals surface area contributed by atoms with Crippen LogP contribution in [0.5, 0.6) is 0 Å². The van der Waals surface area contributed by atoms with Crippen LogP contribution < -0.4 is 0 Å². The Morgan fingerprint density at radius 3 is 3.00 bits per heavy atom. The van der Waals surface area contributed by atoms with Crippen molar-refractivity contribution in [3.63, 3.8) is 0 Å². The summed E-state index contributed by atoms with van der Waals surface area (Å²) in [5, 5.41) is 5.28. The predicted octanol–water partition coefficient (Wildman–Crippen LogP) is 3.59. The highest BCUT2D eigenvalue weighted by Crippen LogP contribution is 2.37. The van der Waals surface area contributed by atoms with Crippen LogP contribution in [-0.4, -0.2) is 36.9 Å². The maximum absolute atomic E-state index is 13.5. The summed E-state index contributed by atoms with van der Waals surface area (Å²) in [4.78, 5) is 23.1. The molecule has 0 radical (unpaired) electrons. The Morgan fingerprint density at radius 1 is 1.17 bits per heavy atom. The normalized spacial score (nSPS) is 16.4. The van der Waals surface area contributed by atoms with Crippen molar-refractivity contribution < 1.29 is 9.21 Å². The highest BCUT2D eigenvalue weighted by molar-refractivity contribution is 5.96. The van der Waals surface area contributed by atoms with Gasteiger partial charge in [-0.25, -0.2) is 9.50 Å². The van der Waals surface area contributed by atoms with Gasteiger partial charge in [0.15, 0.2) is 0 Å². The molecule has 142 valence electrons. The van der Waals surface area contributed by atoms with E-state index in [1.54, 1.807) is 23.2 Å². The average Bonchev–Trinajstić information content (AvgIpc) is 3.49. The van der Waals surface area contributed by atoms with E-state index < -0.39 is 0 Å². The minimum atomic E-state index is -0.374. The molecule has 5 aromatic rings. The minimum Gasteiger partial charge on any atom is -0.458 e. The Bertz CT molecular complexity index is 1300. The van der Waals surface area contributed by atoms with Gasteiger partial charge >= 0.3 is 0 Å². The molecule has 0 saturated heterocycles. The molecule has 1 aromatic carbocycles. The molecule has 6 rings (SSSR count). The van der Waals surface area contributed by atoms with Crippen LogP contribution in [0.2, 0.25) is 0 Å². The number of H-pyrrole nitrogens is 1. The molecule has 5 heterocycles. The van der Waals surface area contributed by atoms with Gasteiger partial charge in [-0.3, -0.25) is 4.79 Å². The first-order valence-electron chi connectivity index (χ1n) is 9.53. The maximum Gasteiger partial charge on any atom is 0.256 e. The fourth-order valence-electron chi connectivity index (χ4n) is 4.15. The number of nitrogens with one attached hydrogen (secondary N) is 1. The fraction of sp³-hybridized carbons (Fsp3) is 0.136. The highest BCUT2D eigenvalue weighted by Gasteiger charge is 2.37. The number of para-hydroxylation sites is 1. The van der Waals surface area contributed by atoms with Gasteiger partial charge in [-0.05, 0) is 30.3 Å². The number of imidazole rings is 1. The van der Waals surface area contributed by atoms with Gasteiger partial charge in [0.1, 0.15) is 17.4 Å². The lowest BCUT2D eigenvalue weighted by atomic mass is 9.99. The number of hydrogen-bond donors (Lipinski definition) is 1. The van der Waals surface area contributed by atoms with Crippen LogP contribution in [0.15, 0.2) is 71.7 Å². The molecule has 29 heavy (non-hydrogen) atoms. The van der Waals surface area contributed by atoms with E-state index in [1.807, 2.05) is 53.4 Å². The van der Waals surface area contributed by atoms with Crippen molar-refractivity contribution in [2.45, 2.75) is 12.5 Å². The molecule has 0 spiro atoms. The third-order valence-electron chi connectivity index (χ3n) is 5.52. The third kappa shape index (κ3) is 2.47. The van der Waals surface area contributed by atoms with E-state index in [0.29, 0.717) is 12.1 Å². The Labute approximate surface area is 165 Å². The number of aromatic amines is 1. The van der Waals surface area contributed by atoms with Crippen molar-refractivity contribution in [1.82, 2.24) is 24.5 Å². The molecule has 1 aliphatic rings. The molecule has 7 nitrogen and oxygen atoms in total. The molecule has 0 unspecified atom stereocenters. The highest BCUT2D eigenvalue weighted by atomic mass is 16.3. The first-order valence-corrected chi connectivity index (χ1v) is 9.53. The summed E-state index contributed by atoms with van der Waals surface area (Å²) in [6, 6.07) is 15.2. The second-order valence-corrected chi connectivity index (χ2v) is 7.23. The Balaban J connectivity index is 1.47. The molecular weight excluding hydrogens is 366 g/mol. The second-order valence-electron chi connectivity index (χ2n) is 7.23. The molecule has 7 heteroatoms. The molecular formula is C22H17N5O2. The van der Waals surface area contributed by atoms with Crippen LogP contribution >= 0.6 is 0 Å². The number of benzene rings is 1. The van der Waals surface area contributed by atoms with Crippen LogP contribution in [0.3, 0.4) is 0 Å². The van der Waals surface area contributed by atoms with Gasteiger partial charge in [0.05, 0.1) is 23.1 Å². The molecule has 1 aliphatic heterocycles. The number of fused-ring (bicyclic) bond motifs is 3. The van der Waals surface area contributed by atoms with Gasteiger partial charge in [-0.15, -0.1) is 0 Å². The smallest absolute Gasteiger partial charge is 0.256 e. The molecule has 0 saturated carbocycles. The minimum absolute atomic E-state index is 0.0605. The van der Waals surface area contributed by atoms with Gasteiger partial charge in [0, 0.05) is 36.4 Å². The lowest BCUT2D eigenvalue weighted by Crippen LogP contribution is -2.40. The zero-order valence-corrected chi connectivity index (χ0v) is 15.4. The predicted molar refractivity (Wildman–Crippen MR) is 107 cm³/mol.